The Balaban J connectivity index is 1.30. The minimum absolute atomic E-state index is 0.288. The highest BCUT2D eigenvalue weighted by molar-refractivity contribution is 5.76. The summed E-state index contributed by atoms with van der Waals surface area (Å²) in [5.74, 6) is 0.871. The van der Waals surface area contributed by atoms with Crippen LogP contribution in [0.4, 0.5) is 0 Å². The normalized spacial score (nSPS) is 22.2. The number of rotatable bonds is 6. The van der Waals surface area contributed by atoms with Gasteiger partial charge in [-0.2, -0.15) is 0 Å². The Morgan fingerprint density at radius 3 is 2.63 bits per heavy atom. The molecule has 4 rings (SSSR count). The molecular formula is C26H35N3O. The zero-order chi connectivity index (χ0) is 21.0. The van der Waals surface area contributed by atoms with Crippen LogP contribution in [0.2, 0.25) is 0 Å². The molecule has 1 atom stereocenters. The Morgan fingerprint density at radius 2 is 1.90 bits per heavy atom. The fourth-order valence-corrected chi connectivity index (χ4v) is 5.13. The number of carbonyl (C=O) groups is 1. The van der Waals surface area contributed by atoms with Crippen LogP contribution < -0.4 is 0 Å². The summed E-state index contributed by atoms with van der Waals surface area (Å²) < 4.78 is 0. The van der Waals surface area contributed by atoms with Gasteiger partial charge in [0.15, 0.2) is 0 Å². The molecule has 4 nitrogen and oxygen atoms in total. The monoisotopic (exact) mass is 405 g/mol. The van der Waals surface area contributed by atoms with Crippen molar-refractivity contribution in [1.82, 2.24) is 14.8 Å². The third-order valence-electron chi connectivity index (χ3n) is 6.91. The summed E-state index contributed by atoms with van der Waals surface area (Å²) >= 11 is 0. The second-order valence-electron chi connectivity index (χ2n) is 9.60. The largest absolute Gasteiger partial charge is 0.342 e. The number of nitrogens with zero attached hydrogens (tertiary/aromatic N) is 3. The van der Waals surface area contributed by atoms with Crippen LogP contribution in [0.15, 0.2) is 48.7 Å². The van der Waals surface area contributed by atoms with Gasteiger partial charge in [0.1, 0.15) is 0 Å². The Morgan fingerprint density at radius 1 is 1.07 bits per heavy atom. The minimum atomic E-state index is 0.288. The van der Waals surface area contributed by atoms with Gasteiger partial charge in [-0.1, -0.05) is 44.2 Å². The highest BCUT2D eigenvalue weighted by Gasteiger charge is 2.42. The molecule has 1 unspecified atom stereocenters. The second-order valence-corrected chi connectivity index (χ2v) is 9.60. The van der Waals surface area contributed by atoms with Crippen molar-refractivity contribution in [1.29, 1.82) is 0 Å². The van der Waals surface area contributed by atoms with E-state index in [1.54, 1.807) is 6.20 Å². The number of aryl methyl sites for hydroxylation is 1. The van der Waals surface area contributed by atoms with Gasteiger partial charge in [-0.25, -0.2) is 0 Å². The summed E-state index contributed by atoms with van der Waals surface area (Å²) in [5.41, 5.74) is 4.10. The summed E-state index contributed by atoms with van der Waals surface area (Å²) in [6.45, 7) is 9.63. The molecule has 1 aromatic heterocycles. The molecule has 0 radical (unpaired) electrons. The zero-order valence-corrected chi connectivity index (χ0v) is 18.5. The Kier molecular flexibility index (Phi) is 6.52. The van der Waals surface area contributed by atoms with Crippen molar-refractivity contribution < 1.29 is 4.79 Å². The average Bonchev–Trinajstić information content (AvgIpc) is 3.16. The number of likely N-dealkylation sites (tertiary alicyclic amines) is 2. The zero-order valence-electron chi connectivity index (χ0n) is 18.5. The summed E-state index contributed by atoms with van der Waals surface area (Å²) in [6.07, 6.45) is 6.74. The number of benzene rings is 1. The topological polar surface area (TPSA) is 36.4 Å². The van der Waals surface area contributed by atoms with E-state index in [1.807, 2.05) is 18.2 Å². The van der Waals surface area contributed by atoms with Crippen LogP contribution in [0.5, 0.6) is 0 Å². The van der Waals surface area contributed by atoms with Gasteiger partial charge in [-0.3, -0.25) is 14.7 Å². The van der Waals surface area contributed by atoms with Crippen molar-refractivity contribution in [3.8, 4) is 0 Å². The summed E-state index contributed by atoms with van der Waals surface area (Å²) in [7, 11) is 0. The highest BCUT2D eigenvalue weighted by Crippen LogP contribution is 2.39. The molecule has 160 valence electrons. The molecule has 30 heavy (non-hydrogen) atoms. The number of carbonyl (C=O) groups excluding carboxylic acids is 1. The van der Waals surface area contributed by atoms with Crippen LogP contribution in [-0.2, 0) is 17.8 Å². The first-order chi connectivity index (χ1) is 14.5. The second kappa shape index (κ2) is 9.30. The van der Waals surface area contributed by atoms with Crippen molar-refractivity contribution in [3.05, 3.63) is 65.5 Å². The van der Waals surface area contributed by atoms with E-state index in [0.29, 0.717) is 18.2 Å². The van der Waals surface area contributed by atoms with Gasteiger partial charge >= 0.3 is 0 Å². The predicted octanol–water partition coefficient (Wildman–Crippen LogP) is 4.65. The molecule has 2 fully saturated rings. The van der Waals surface area contributed by atoms with Crippen LogP contribution in [0.25, 0.3) is 0 Å². The molecule has 2 saturated heterocycles. The van der Waals surface area contributed by atoms with E-state index in [9.17, 15) is 4.79 Å². The van der Waals surface area contributed by atoms with Gasteiger partial charge in [-0.05, 0) is 61.4 Å². The van der Waals surface area contributed by atoms with Gasteiger partial charge in [-0.15, -0.1) is 0 Å². The molecule has 0 N–H and O–H groups in total. The number of hydrogen-bond acceptors (Lipinski definition) is 3. The van der Waals surface area contributed by atoms with Crippen LogP contribution >= 0.6 is 0 Å². The number of piperidine rings is 1. The first-order valence-electron chi connectivity index (χ1n) is 11.5. The molecule has 0 saturated carbocycles. The molecule has 1 aromatic carbocycles. The van der Waals surface area contributed by atoms with Crippen molar-refractivity contribution in [2.45, 2.75) is 58.4 Å². The first-order valence-corrected chi connectivity index (χ1v) is 11.5. The van der Waals surface area contributed by atoms with Crippen molar-refractivity contribution in [2.24, 2.45) is 5.41 Å². The van der Waals surface area contributed by atoms with Gasteiger partial charge in [0.05, 0.1) is 0 Å². The van der Waals surface area contributed by atoms with Crippen LogP contribution in [0.1, 0.15) is 62.3 Å². The molecule has 2 aromatic rings. The lowest BCUT2D eigenvalue weighted by atomic mass is 9.79. The average molecular weight is 406 g/mol. The van der Waals surface area contributed by atoms with Crippen LogP contribution in [-0.4, -0.2) is 46.9 Å². The molecule has 1 spiro atoms. The van der Waals surface area contributed by atoms with Gasteiger partial charge in [0.2, 0.25) is 5.91 Å². The molecule has 0 aliphatic carbocycles. The summed E-state index contributed by atoms with van der Waals surface area (Å²) in [4.78, 5) is 21.9. The molecule has 0 bridgehead atoms. The first kappa shape index (κ1) is 21.0. The highest BCUT2D eigenvalue weighted by atomic mass is 16.2. The number of amides is 1. The number of pyridine rings is 1. The van der Waals surface area contributed by atoms with Gasteiger partial charge in [0, 0.05) is 49.9 Å². The van der Waals surface area contributed by atoms with E-state index in [1.165, 1.54) is 30.5 Å². The molecule has 3 heterocycles. The van der Waals surface area contributed by atoms with Crippen LogP contribution in [0, 0.1) is 5.41 Å². The van der Waals surface area contributed by atoms with Crippen LogP contribution in [0.3, 0.4) is 0 Å². The fraction of sp³-hybridized carbons (Fsp3) is 0.538. The summed E-state index contributed by atoms with van der Waals surface area (Å²) in [6, 6.07) is 15.0. The van der Waals surface area contributed by atoms with Crippen molar-refractivity contribution in [3.63, 3.8) is 0 Å². The summed E-state index contributed by atoms with van der Waals surface area (Å²) in [5, 5.41) is 0. The van der Waals surface area contributed by atoms with E-state index in [4.69, 9.17) is 0 Å². The van der Waals surface area contributed by atoms with E-state index in [-0.39, 0.29) is 5.41 Å². The van der Waals surface area contributed by atoms with Gasteiger partial charge < -0.3 is 4.90 Å². The number of aromatic nitrogens is 1. The van der Waals surface area contributed by atoms with E-state index < -0.39 is 0 Å². The standard InChI is InChI=1S/C26H35N3O/c1-21(2)23-9-7-22(8-10-23)18-28-16-5-13-26(19-28)14-17-29(20-26)25(30)12-11-24-6-3-4-15-27-24/h3-4,6-10,15,21H,5,11-14,16-20H2,1-2H3. The maximum atomic E-state index is 12.8. The lowest BCUT2D eigenvalue weighted by molar-refractivity contribution is -0.130. The maximum Gasteiger partial charge on any atom is 0.222 e. The van der Waals surface area contributed by atoms with Crippen molar-refractivity contribution >= 4 is 5.91 Å². The smallest absolute Gasteiger partial charge is 0.222 e. The minimum Gasteiger partial charge on any atom is -0.342 e. The molecule has 1 amide bonds. The molecule has 2 aliphatic heterocycles. The van der Waals surface area contributed by atoms with E-state index >= 15 is 0 Å². The fourth-order valence-electron chi connectivity index (χ4n) is 5.13. The van der Waals surface area contributed by atoms with Gasteiger partial charge in [0.25, 0.3) is 0 Å². The molecular weight excluding hydrogens is 370 g/mol. The maximum absolute atomic E-state index is 12.8. The predicted molar refractivity (Wildman–Crippen MR) is 121 cm³/mol. The Hall–Kier alpha value is -2.20. The third kappa shape index (κ3) is 5.10. The quantitative estimate of drug-likeness (QED) is 0.702. The lowest BCUT2D eigenvalue weighted by Crippen LogP contribution is -2.45. The number of hydrogen-bond donors (Lipinski definition) is 0. The Labute approximate surface area is 181 Å². The van der Waals surface area contributed by atoms with E-state index in [2.05, 4.69) is 52.9 Å². The molecule has 4 heteroatoms. The Bertz CT molecular complexity index is 833. The lowest BCUT2D eigenvalue weighted by Gasteiger charge is -2.40. The SMILES string of the molecule is CC(C)c1ccc(CN2CCCC3(CCN(C(=O)CCc4ccccn4)C3)C2)cc1. The molecule has 2 aliphatic rings. The van der Waals surface area contributed by atoms with Crippen molar-refractivity contribution in [2.75, 3.05) is 26.2 Å². The van der Waals surface area contributed by atoms with E-state index in [0.717, 1.165) is 44.7 Å². The third-order valence-corrected chi connectivity index (χ3v) is 6.91.